The van der Waals surface area contributed by atoms with Gasteiger partial charge in [-0.25, -0.2) is 0 Å². The van der Waals surface area contributed by atoms with Crippen molar-refractivity contribution in [3.63, 3.8) is 0 Å². The van der Waals surface area contributed by atoms with E-state index in [0.29, 0.717) is 5.02 Å². The third-order valence-electron chi connectivity index (χ3n) is 4.02. The molecular weight excluding hydrogens is 274 g/mol. The van der Waals surface area contributed by atoms with Crippen LogP contribution in [0, 0.1) is 0 Å². The standard InChI is InChI=1S/C15H14ClN3O/c16-8-3-4-12-9(6-8)15-14(18-12)10(7-13(20)19-15)11-2-1-5-17-11/h3-4,6-7,11,17-18H,1-2,5H2,(H,19,20). The molecule has 0 bridgehead atoms. The number of fused-ring (bicyclic) bond motifs is 3. The van der Waals surface area contributed by atoms with Crippen molar-refractivity contribution < 1.29 is 0 Å². The van der Waals surface area contributed by atoms with Crippen molar-refractivity contribution in [2.75, 3.05) is 6.54 Å². The molecule has 20 heavy (non-hydrogen) atoms. The van der Waals surface area contributed by atoms with E-state index >= 15 is 0 Å². The maximum absolute atomic E-state index is 12.0. The van der Waals surface area contributed by atoms with E-state index in [0.717, 1.165) is 46.9 Å². The number of hydrogen-bond donors (Lipinski definition) is 3. The van der Waals surface area contributed by atoms with E-state index in [1.165, 1.54) is 0 Å². The van der Waals surface area contributed by atoms with Gasteiger partial charge < -0.3 is 15.3 Å². The molecule has 1 aromatic carbocycles. The van der Waals surface area contributed by atoms with Crippen LogP contribution < -0.4 is 10.9 Å². The molecule has 4 rings (SSSR count). The van der Waals surface area contributed by atoms with Crippen molar-refractivity contribution in [2.24, 2.45) is 0 Å². The zero-order valence-electron chi connectivity index (χ0n) is 10.8. The van der Waals surface area contributed by atoms with Gasteiger partial charge in [0.1, 0.15) is 0 Å². The number of aromatic nitrogens is 2. The minimum absolute atomic E-state index is 0.0675. The summed E-state index contributed by atoms with van der Waals surface area (Å²) in [7, 11) is 0. The minimum atomic E-state index is -0.0675. The van der Waals surface area contributed by atoms with E-state index in [2.05, 4.69) is 15.3 Å². The zero-order valence-corrected chi connectivity index (χ0v) is 11.6. The van der Waals surface area contributed by atoms with E-state index in [9.17, 15) is 4.79 Å². The first kappa shape index (κ1) is 12.0. The molecule has 2 aromatic heterocycles. The number of aromatic amines is 2. The van der Waals surface area contributed by atoms with E-state index in [1.54, 1.807) is 6.07 Å². The highest BCUT2D eigenvalue weighted by Crippen LogP contribution is 2.32. The maximum Gasteiger partial charge on any atom is 0.248 e. The summed E-state index contributed by atoms with van der Waals surface area (Å²) < 4.78 is 0. The normalized spacial score (nSPS) is 19.1. The van der Waals surface area contributed by atoms with Crippen LogP contribution in [-0.2, 0) is 0 Å². The highest BCUT2D eigenvalue weighted by molar-refractivity contribution is 6.31. The van der Waals surface area contributed by atoms with Gasteiger partial charge in [-0.3, -0.25) is 4.79 Å². The van der Waals surface area contributed by atoms with E-state index in [4.69, 9.17) is 11.6 Å². The molecule has 0 amide bonds. The maximum atomic E-state index is 12.0. The van der Waals surface area contributed by atoms with Gasteiger partial charge >= 0.3 is 0 Å². The number of H-pyrrole nitrogens is 2. The highest BCUT2D eigenvalue weighted by Gasteiger charge is 2.21. The first-order valence-corrected chi connectivity index (χ1v) is 7.18. The Kier molecular flexibility index (Phi) is 2.62. The summed E-state index contributed by atoms with van der Waals surface area (Å²) in [5.41, 5.74) is 3.82. The van der Waals surface area contributed by atoms with Crippen LogP contribution in [-0.4, -0.2) is 16.5 Å². The third kappa shape index (κ3) is 1.76. The molecule has 0 saturated carbocycles. The topological polar surface area (TPSA) is 60.7 Å². The number of benzene rings is 1. The van der Waals surface area contributed by atoms with Crippen molar-refractivity contribution in [3.05, 3.63) is 45.2 Å². The average Bonchev–Trinajstić information content (AvgIpc) is 3.05. The average molecular weight is 288 g/mol. The summed E-state index contributed by atoms with van der Waals surface area (Å²) >= 11 is 6.06. The van der Waals surface area contributed by atoms with Crippen LogP contribution in [0.15, 0.2) is 29.1 Å². The van der Waals surface area contributed by atoms with Crippen molar-refractivity contribution in [1.82, 2.24) is 15.3 Å². The smallest absolute Gasteiger partial charge is 0.248 e. The van der Waals surface area contributed by atoms with Gasteiger partial charge in [0.15, 0.2) is 0 Å². The Labute approximate surface area is 120 Å². The van der Waals surface area contributed by atoms with Crippen LogP contribution in [0.5, 0.6) is 0 Å². The summed E-state index contributed by atoms with van der Waals surface area (Å²) in [4.78, 5) is 18.3. The second-order valence-corrected chi connectivity index (χ2v) is 5.74. The summed E-state index contributed by atoms with van der Waals surface area (Å²) in [6.45, 7) is 1.00. The fraction of sp³-hybridized carbons (Fsp3) is 0.267. The van der Waals surface area contributed by atoms with E-state index in [1.807, 2.05) is 18.2 Å². The molecular formula is C15H14ClN3O. The van der Waals surface area contributed by atoms with Crippen LogP contribution in [0.25, 0.3) is 21.9 Å². The largest absolute Gasteiger partial charge is 0.353 e. The monoisotopic (exact) mass is 287 g/mol. The third-order valence-corrected chi connectivity index (χ3v) is 4.25. The lowest BCUT2D eigenvalue weighted by Gasteiger charge is -2.11. The summed E-state index contributed by atoms with van der Waals surface area (Å²) in [6.07, 6.45) is 2.21. The molecule has 1 aliphatic rings. The lowest BCUT2D eigenvalue weighted by Crippen LogP contribution is -2.16. The number of hydrogen-bond acceptors (Lipinski definition) is 2. The molecule has 4 nitrogen and oxygen atoms in total. The minimum Gasteiger partial charge on any atom is -0.353 e. The van der Waals surface area contributed by atoms with Gasteiger partial charge in [0.05, 0.1) is 11.0 Å². The van der Waals surface area contributed by atoms with Gasteiger partial charge in [-0.05, 0) is 37.6 Å². The van der Waals surface area contributed by atoms with Crippen LogP contribution in [0.3, 0.4) is 0 Å². The summed E-state index contributed by atoms with van der Waals surface area (Å²) in [5, 5.41) is 5.08. The number of pyridine rings is 1. The predicted molar refractivity (Wildman–Crippen MR) is 81.4 cm³/mol. The van der Waals surface area contributed by atoms with Crippen molar-refractivity contribution >= 4 is 33.5 Å². The molecule has 1 unspecified atom stereocenters. The Morgan fingerprint density at radius 1 is 1.15 bits per heavy atom. The molecule has 102 valence electrons. The van der Waals surface area contributed by atoms with Crippen LogP contribution >= 0.6 is 11.6 Å². The Morgan fingerprint density at radius 2 is 2.05 bits per heavy atom. The van der Waals surface area contributed by atoms with Crippen LogP contribution in [0.4, 0.5) is 0 Å². The highest BCUT2D eigenvalue weighted by atomic mass is 35.5. The molecule has 3 N–H and O–H groups in total. The lowest BCUT2D eigenvalue weighted by atomic mass is 10.0. The van der Waals surface area contributed by atoms with Crippen LogP contribution in [0.2, 0.25) is 5.02 Å². The Hall–Kier alpha value is -1.78. The quantitative estimate of drug-likeness (QED) is 0.644. The number of rotatable bonds is 1. The lowest BCUT2D eigenvalue weighted by molar-refractivity contribution is 0.650. The molecule has 0 radical (unpaired) electrons. The molecule has 3 heterocycles. The second-order valence-electron chi connectivity index (χ2n) is 5.30. The van der Waals surface area contributed by atoms with Crippen molar-refractivity contribution in [2.45, 2.75) is 18.9 Å². The van der Waals surface area contributed by atoms with Gasteiger partial charge in [0.25, 0.3) is 0 Å². The van der Waals surface area contributed by atoms with Gasteiger partial charge in [-0.2, -0.15) is 0 Å². The number of nitrogens with one attached hydrogen (secondary N) is 3. The molecule has 1 fully saturated rings. The molecule has 1 aliphatic heterocycles. The van der Waals surface area contributed by atoms with E-state index in [-0.39, 0.29) is 11.6 Å². The summed E-state index contributed by atoms with van der Waals surface area (Å²) in [6, 6.07) is 7.63. The molecule has 3 aromatic rings. The van der Waals surface area contributed by atoms with Gasteiger partial charge in [0, 0.05) is 33.6 Å². The van der Waals surface area contributed by atoms with Crippen molar-refractivity contribution in [1.29, 1.82) is 0 Å². The zero-order chi connectivity index (χ0) is 13.7. The Bertz CT molecular complexity index is 859. The van der Waals surface area contributed by atoms with E-state index < -0.39 is 0 Å². The second kappa shape index (κ2) is 4.36. The summed E-state index contributed by atoms with van der Waals surface area (Å²) in [5.74, 6) is 0. The molecule has 1 atom stereocenters. The predicted octanol–water partition coefficient (Wildman–Crippen LogP) is 3.09. The first-order chi connectivity index (χ1) is 9.72. The van der Waals surface area contributed by atoms with Gasteiger partial charge in [0.2, 0.25) is 5.56 Å². The first-order valence-electron chi connectivity index (χ1n) is 6.80. The Morgan fingerprint density at radius 3 is 2.85 bits per heavy atom. The SMILES string of the molecule is O=c1cc(C2CCCN2)c2[nH]c3ccc(Cl)cc3c2[nH]1. The van der Waals surface area contributed by atoms with Gasteiger partial charge in [-0.1, -0.05) is 11.6 Å². The Balaban J connectivity index is 2.09. The fourth-order valence-electron chi connectivity index (χ4n) is 3.11. The fourth-order valence-corrected chi connectivity index (χ4v) is 3.28. The molecule has 0 spiro atoms. The molecule has 5 heteroatoms. The molecule has 0 aliphatic carbocycles. The van der Waals surface area contributed by atoms with Crippen molar-refractivity contribution in [3.8, 4) is 0 Å². The molecule has 1 saturated heterocycles. The van der Waals surface area contributed by atoms with Gasteiger partial charge in [-0.15, -0.1) is 0 Å². The number of halogens is 1. The van der Waals surface area contributed by atoms with Crippen LogP contribution in [0.1, 0.15) is 24.4 Å².